The molecule has 2 nitrogen and oxygen atoms in total. The minimum absolute atomic E-state index is 0.197. The molecule has 0 heterocycles. The fourth-order valence-corrected chi connectivity index (χ4v) is 1.22. The zero-order chi connectivity index (χ0) is 14.5. The molecule has 0 unspecified atom stereocenters. The Morgan fingerprint density at radius 2 is 2.05 bits per heavy atom. The van der Waals surface area contributed by atoms with Crippen LogP contribution in [0.5, 0.6) is 0 Å². The van der Waals surface area contributed by atoms with Crippen LogP contribution in [0, 0.1) is 17.7 Å². The lowest BCUT2D eigenvalue weighted by Gasteiger charge is -2.06. The van der Waals surface area contributed by atoms with Gasteiger partial charge in [0.15, 0.2) is 0 Å². The van der Waals surface area contributed by atoms with Crippen molar-refractivity contribution in [2.24, 2.45) is 0 Å². The normalized spacial score (nSPS) is 10.6. The third kappa shape index (κ3) is 4.62. The minimum Gasteiger partial charge on any atom is -0.465 e. The third-order valence-corrected chi connectivity index (χ3v) is 2.06. The number of carbonyl (C=O) groups is 1. The smallest absolute Gasteiger partial charge is 0.416 e. The molecule has 0 radical (unpaired) electrons. The van der Waals surface area contributed by atoms with Crippen LogP contribution in [0.25, 0.3) is 0 Å². The lowest BCUT2D eigenvalue weighted by Crippen LogP contribution is -2.05. The van der Waals surface area contributed by atoms with Crippen LogP contribution < -0.4 is 0 Å². The molecule has 6 heteroatoms. The molecule has 0 amide bonds. The van der Waals surface area contributed by atoms with Crippen molar-refractivity contribution < 1.29 is 27.1 Å². The van der Waals surface area contributed by atoms with Gasteiger partial charge in [-0.1, -0.05) is 11.8 Å². The monoisotopic (exact) mass is 274 g/mol. The molecule has 0 aliphatic heterocycles. The first-order chi connectivity index (χ1) is 8.84. The number of hydrogen-bond donors (Lipinski definition) is 0. The SMILES string of the molecule is CCOC(=O)CC#Cc1ccc(C(F)(F)F)cc1F. The highest BCUT2D eigenvalue weighted by molar-refractivity contribution is 5.72. The van der Waals surface area contributed by atoms with E-state index in [1.165, 1.54) is 0 Å². The average Bonchev–Trinajstić information content (AvgIpc) is 2.30. The highest BCUT2D eigenvalue weighted by Crippen LogP contribution is 2.29. The molecule has 0 bridgehead atoms. The zero-order valence-electron chi connectivity index (χ0n) is 9.97. The Kier molecular flexibility index (Phi) is 4.93. The Morgan fingerprint density at radius 1 is 1.37 bits per heavy atom. The lowest BCUT2D eigenvalue weighted by molar-refractivity contribution is -0.142. The summed E-state index contributed by atoms with van der Waals surface area (Å²) in [5.74, 6) is 2.98. The number of halogens is 4. The van der Waals surface area contributed by atoms with E-state index in [0.29, 0.717) is 6.07 Å². The van der Waals surface area contributed by atoms with Crippen LogP contribution in [0.2, 0.25) is 0 Å². The van der Waals surface area contributed by atoms with Gasteiger partial charge in [0, 0.05) is 0 Å². The van der Waals surface area contributed by atoms with E-state index in [9.17, 15) is 22.4 Å². The first-order valence-corrected chi connectivity index (χ1v) is 5.36. The summed E-state index contributed by atoms with van der Waals surface area (Å²) in [5.41, 5.74) is -1.28. The number of esters is 1. The predicted octanol–water partition coefficient (Wildman–Crippen LogP) is 3.15. The lowest BCUT2D eigenvalue weighted by atomic mass is 10.1. The van der Waals surface area contributed by atoms with Crippen molar-refractivity contribution in [3.8, 4) is 11.8 Å². The van der Waals surface area contributed by atoms with Crippen LogP contribution in [-0.2, 0) is 15.7 Å². The van der Waals surface area contributed by atoms with Crippen LogP contribution in [-0.4, -0.2) is 12.6 Å². The van der Waals surface area contributed by atoms with E-state index < -0.39 is 23.5 Å². The molecule has 0 saturated heterocycles. The molecule has 0 saturated carbocycles. The van der Waals surface area contributed by atoms with E-state index in [1.807, 2.05) is 0 Å². The maximum atomic E-state index is 13.3. The number of alkyl halides is 3. The van der Waals surface area contributed by atoms with Crippen LogP contribution in [0.4, 0.5) is 17.6 Å². The van der Waals surface area contributed by atoms with Crippen molar-refractivity contribution in [1.29, 1.82) is 0 Å². The summed E-state index contributed by atoms with van der Waals surface area (Å²) in [5, 5.41) is 0. The molecule has 1 aromatic rings. The van der Waals surface area contributed by atoms with Crippen molar-refractivity contribution >= 4 is 5.97 Å². The van der Waals surface area contributed by atoms with Gasteiger partial charge < -0.3 is 4.74 Å². The highest BCUT2D eigenvalue weighted by Gasteiger charge is 2.30. The molecule has 0 N–H and O–H groups in total. The Hall–Kier alpha value is -2.03. The summed E-state index contributed by atoms with van der Waals surface area (Å²) >= 11 is 0. The molecule has 1 aromatic carbocycles. The van der Waals surface area contributed by atoms with Crippen LogP contribution in [0.3, 0.4) is 0 Å². The van der Waals surface area contributed by atoms with Gasteiger partial charge >= 0.3 is 12.1 Å². The van der Waals surface area contributed by atoms with Crippen molar-refractivity contribution in [2.45, 2.75) is 19.5 Å². The first kappa shape index (κ1) is 15.0. The minimum atomic E-state index is -4.60. The van der Waals surface area contributed by atoms with Gasteiger partial charge in [0.05, 0.1) is 17.7 Å². The predicted molar refractivity (Wildman–Crippen MR) is 59.5 cm³/mol. The average molecular weight is 274 g/mol. The summed E-state index contributed by atoms with van der Waals surface area (Å²) in [6, 6.07) is 2.03. The van der Waals surface area contributed by atoms with E-state index in [1.54, 1.807) is 6.92 Å². The van der Waals surface area contributed by atoms with Gasteiger partial charge in [0.1, 0.15) is 12.2 Å². The maximum Gasteiger partial charge on any atom is 0.416 e. The molecule has 0 aromatic heterocycles. The van der Waals surface area contributed by atoms with E-state index in [2.05, 4.69) is 16.6 Å². The van der Waals surface area contributed by atoms with Crippen LogP contribution >= 0.6 is 0 Å². The molecular weight excluding hydrogens is 264 g/mol. The summed E-state index contributed by atoms with van der Waals surface area (Å²) < 4.78 is 54.8. The molecule has 1 rings (SSSR count). The van der Waals surface area contributed by atoms with Crippen molar-refractivity contribution in [3.63, 3.8) is 0 Å². The number of carbonyl (C=O) groups excluding carboxylic acids is 1. The van der Waals surface area contributed by atoms with Gasteiger partial charge in [-0.25, -0.2) is 4.39 Å². The van der Waals surface area contributed by atoms with Gasteiger partial charge in [0.25, 0.3) is 0 Å². The second-order valence-electron chi connectivity index (χ2n) is 3.48. The van der Waals surface area contributed by atoms with Gasteiger partial charge in [-0.2, -0.15) is 13.2 Å². The van der Waals surface area contributed by atoms with Gasteiger partial charge in [0.2, 0.25) is 0 Å². The van der Waals surface area contributed by atoms with Crippen molar-refractivity contribution in [3.05, 3.63) is 35.1 Å². The fourth-order valence-electron chi connectivity index (χ4n) is 1.22. The first-order valence-electron chi connectivity index (χ1n) is 5.36. The van der Waals surface area contributed by atoms with Crippen LogP contribution in [0.1, 0.15) is 24.5 Å². The van der Waals surface area contributed by atoms with E-state index in [-0.39, 0.29) is 18.6 Å². The number of hydrogen-bond acceptors (Lipinski definition) is 2. The Labute approximate surface area is 107 Å². The Balaban J connectivity index is 2.82. The number of benzene rings is 1. The van der Waals surface area contributed by atoms with Crippen molar-refractivity contribution in [2.75, 3.05) is 6.61 Å². The van der Waals surface area contributed by atoms with Gasteiger partial charge in [-0.15, -0.1) is 0 Å². The topological polar surface area (TPSA) is 26.3 Å². The largest absolute Gasteiger partial charge is 0.465 e. The highest BCUT2D eigenvalue weighted by atomic mass is 19.4. The van der Waals surface area contributed by atoms with E-state index >= 15 is 0 Å². The quantitative estimate of drug-likeness (QED) is 0.470. The Morgan fingerprint density at radius 3 is 2.58 bits per heavy atom. The standard InChI is InChI=1S/C13H10F4O2/c1-2-19-12(18)5-3-4-9-6-7-10(8-11(9)14)13(15,16)17/h6-8H,2,5H2,1H3. The second kappa shape index (κ2) is 6.23. The number of rotatable bonds is 2. The third-order valence-electron chi connectivity index (χ3n) is 2.06. The fraction of sp³-hybridized carbons (Fsp3) is 0.308. The molecule has 0 atom stereocenters. The maximum absolute atomic E-state index is 13.3. The second-order valence-corrected chi connectivity index (χ2v) is 3.48. The molecule has 0 aliphatic rings. The van der Waals surface area contributed by atoms with Crippen LogP contribution in [0.15, 0.2) is 18.2 Å². The van der Waals surface area contributed by atoms with E-state index in [0.717, 1.165) is 12.1 Å². The molecule has 102 valence electrons. The van der Waals surface area contributed by atoms with Crippen molar-refractivity contribution in [1.82, 2.24) is 0 Å². The molecule has 0 aliphatic carbocycles. The zero-order valence-corrected chi connectivity index (χ0v) is 9.97. The van der Waals surface area contributed by atoms with E-state index in [4.69, 9.17) is 0 Å². The molecule has 0 spiro atoms. The van der Waals surface area contributed by atoms with Gasteiger partial charge in [-0.3, -0.25) is 4.79 Å². The number of ether oxygens (including phenoxy) is 1. The molecular formula is C13H10F4O2. The summed E-state index contributed by atoms with van der Waals surface area (Å²) in [4.78, 5) is 10.9. The molecule has 0 fully saturated rings. The Bertz CT molecular complexity index is 524. The summed E-state index contributed by atoms with van der Waals surface area (Å²) in [6.45, 7) is 1.83. The summed E-state index contributed by atoms with van der Waals surface area (Å²) in [6.07, 6.45) is -4.84. The molecule has 19 heavy (non-hydrogen) atoms. The summed E-state index contributed by atoms with van der Waals surface area (Å²) in [7, 11) is 0. The van der Waals surface area contributed by atoms with Gasteiger partial charge in [-0.05, 0) is 25.1 Å².